The van der Waals surface area contributed by atoms with Gasteiger partial charge in [-0.05, 0) is 46.9 Å². The minimum Gasteiger partial charge on any atom is -0.403 e. The smallest absolute Gasteiger partial charge is 0.316 e. The number of likely N-dealkylation sites (N-methyl/N-ethyl adjacent to an activating group) is 1. The molecule has 8 nitrogen and oxygen atoms in total. The van der Waals surface area contributed by atoms with E-state index in [1.165, 1.54) is 11.0 Å². The number of pyridine rings is 1. The summed E-state index contributed by atoms with van der Waals surface area (Å²) in [6, 6.07) is 6.65. The van der Waals surface area contributed by atoms with E-state index in [0.717, 1.165) is 3.57 Å². The number of hydrogen-bond donors (Lipinski definition) is 2. The third-order valence-corrected chi connectivity index (χ3v) is 4.24. The molecular weight excluding hydrogens is 466 g/mol. The van der Waals surface area contributed by atoms with Gasteiger partial charge in [0.1, 0.15) is 5.82 Å². The molecule has 3 aromatic rings. The summed E-state index contributed by atoms with van der Waals surface area (Å²) in [5.41, 5.74) is 1.37. The first-order chi connectivity index (χ1) is 12.9. The van der Waals surface area contributed by atoms with Crippen LogP contribution in [0.2, 0.25) is 0 Å². The number of carbonyl (C=O) groups is 1. The maximum atomic E-state index is 14.1. The quantitative estimate of drug-likeness (QED) is 0.522. The second-order valence-corrected chi connectivity index (χ2v) is 6.97. The zero-order chi connectivity index (χ0) is 19.4. The Morgan fingerprint density at radius 3 is 2.81 bits per heavy atom. The maximum Gasteiger partial charge on any atom is 0.316 e. The van der Waals surface area contributed by atoms with E-state index in [9.17, 15) is 9.18 Å². The predicted molar refractivity (Wildman–Crippen MR) is 107 cm³/mol. The fourth-order valence-corrected chi connectivity index (χ4v) is 2.58. The monoisotopic (exact) mass is 482 g/mol. The number of halogens is 2. The SMILES string of the molecule is CN(C)C(=O)CNc1nnc(-c2ccncc2Nc2ccc(I)cc2F)o1. The summed E-state index contributed by atoms with van der Waals surface area (Å²) in [6.07, 6.45) is 3.11. The Balaban J connectivity index is 1.81. The lowest BCUT2D eigenvalue weighted by Gasteiger charge is -2.10. The number of nitrogens with one attached hydrogen (secondary N) is 2. The molecule has 2 aromatic heterocycles. The van der Waals surface area contributed by atoms with Crippen LogP contribution >= 0.6 is 22.6 Å². The van der Waals surface area contributed by atoms with E-state index in [1.54, 1.807) is 44.7 Å². The maximum absolute atomic E-state index is 14.1. The fraction of sp³-hybridized carbons (Fsp3) is 0.176. The largest absolute Gasteiger partial charge is 0.403 e. The molecule has 0 fully saturated rings. The van der Waals surface area contributed by atoms with Gasteiger partial charge in [-0.1, -0.05) is 5.10 Å². The number of aromatic nitrogens is 3. The van der Waals surface area contributed by atoms with Gasteiger partial charge < -0.3 is 20.0 Å². The molecule has 0 radical (unpaired) electrons. The molecule has 0 aliphatic carbocycles. The van der Waals surface area contributed by atoms with Crippen LogP contribution in [0.1, 0.15) is 0 Å². The van der Waals surface area contributed by atoms with Crippen LogP contribution in [-0.2, 0) is 4.79 Å². The Hall–Kier alpha value is -2.76. The van der Waals surface area contributed by atoms with Gasteiger partial charge in [0.2, 0.25) is 5.91 Å². The second kappa shape index (κ2) is 8.29. The van der Waals surface area contributed by atoms with E-state index in [-0.39, 0.29) is 30.2 Å². The van der Waals surface area contributed by atoms with Gasteiger partial charge in [0, 0.05) is 23.9 Å². The summed E-state index contributed by atoms with van der Waals surface area (Å²) in [5, 5.41) is 13.6. The van der Waals surface area contributed by atoms with E-state index in [1.807, 2.05) is 22.6 Å². The molecule has 0 aliphatic heterocycles. The first-order valence-electron chi connectivity index (χ1n) is 7.88. The van der Waals surface area contributed by atoms with Crippen LogP contribution in [0, 0.1) is 9.39 Å². The first kappa shape index (κ1) is 19.0. The number of nitrogens with zero attached hydrogens (tertiary/aromatic N) is 4. The van der Waals surface area contributed by atoms with Crippen molar-refractivity contribution in [2.75, 3.05) is 31.3 Å². The van der Waals surface area contributed by atoms with Crippen molar-refractivity contribution < 1.29 is 13.6 Å². The number of amides is 1. The molecule has 0 bridgehead atoms. The second-order valence-electron chi connectivity index (χ2n) is 5.72. The summed E-state index contributed by atoms with van der Waals surface area (Å²) < 4.78 is 20.5. The average molecular weight is 482 g/mol. The molecule has 0 atom stereocenters. The highest BCUT2D eigenvalue weighted by atomic mass is 127. The highest BCUT2D eigenvalue weighted by molar-refractivity contribution is 14.1. The molecule has 1 amide bonds. The standard InChI is InChI=1S/C17H16FIN6O2/c1-25(2)15(26)9-21-17-24-23-16(27-17)11-5-6-20-8-14(11)22-13-4-3-10(19)7-12(13)18/h3-8,22H,9H2,1-2H3,(H,21,24). The molecule has 3 rings (SSSR count). The van der Waals surface area contributed by atoms with Crippen molar-refractivity contribution in [1.29, 1.82) is 0 Å². The lowest BCUT2D eigenvalue weighted by Crippen LogP contribution is -2.28. The Bertz CT molecular complexity index is 962. The van der Waals surface area contributed by atoms with Gasteiger partial charge in [0.05, 0.1) is 29.7 Å². The van der Waals surface area contributed by atoms with Gasteiger partial charge in [0.15, 0.2) is 0 Å². The first-order valence-corrected chi connectivity index (χ1v) is 8.96. The normalized spacial score (nSPS) is 10.5. The minimum absolute atomic E-state index is 0.0317. The highest BCUT2D eigenvalue weighted by Crippen LogP contribution is 2.30. The number of carbonyl (C=O) groups excluding carboxylic acids is 1. The summed E-state index contributed by atoms with van der Waals surface area (Å²) in [6.45, 7) is 0.0317. The fourth-order valence-electron chi connectivity index (χ4n) is 2.13. The van der Waals surface area contributed by atoms with Crippen molar-refractivity contribution in [3.8, 4) is 11.5 Å². The number of anilines is 3. The van der Waals surface area contributed by atoms with Crippen LogP contribution in [-0.4, -0.2) is 46.6 Å². The van der Waals surface area contributed by atoms with Crippen LogP contribution in [0.15, 0.2) is 41.1 Å². The van der Waals surface area contributed by atoms with Crippen molar-refractivity contribution in [2.45, 2.75) is 0 Å². The third-order valence-electron chi connectivity index (χ3n) is 3.57. The molecule has 2 heterocycles. The van der Waals surface area contributed by atoms with Gasteiger partial charge in [-0.15, -0.1) is 5.10 Å². The van der Waals surface area contributed by atoms with Crippen molar-refractivity contribution >= 4 is 45.9 Å². The molecule has 10 heteroatoms. The van der Waals surface area contributed by atoms with Crippen LogP contribution in [0.4, 0.5) is 21.8 Å². The molecule has 0 aliphatic rings. The van der Waals surface area contributed by atoms with Crippen LogP contribution < -0.4 is 10.6 Å². The van der Waals surface area contributed by atoms with Crippen LogP contribution in [0.3, 0.4) is 0 Å². The van der Waals surface area contributed by atoms with Crippen molar-refractivity contribution in [3.63, 3.8) is 0 Å². The number of benzene rings is 1. The summed E-state index contributed by atoms with van der Waals surface area (Å²) in [4.78, 5) is 17.1. The molecule has 0 spiro atoms. The van der Waals surface area contributed by atoms with Crippen LogP contribution in [0.25, 0.3) is 11.5 Å². The Kier molecular flexibility index (Phi) is 5.84. The average Bonchev–Trinajstić information content (AvgIpc) is 3.11. The van der Waals surface area contributed by atoms with Gasteiger partial charge in [-0.3, -0.25) is 9.78 Å². The molecule has 0 saturated heterocycles. The Morgan fingerprint density at radius 1 is 1.26 bits per heavy atom. The topological polar surface area (TPSA) is 96.2 Å². The molecular formula is C17H16FIN6O2. The van der Waals surface area contributed by atoms with Crippen LogP contribution in [0.5, 0.6) is 0 Å². The molecule has 0 unspecified atom stereocenters. The zero-order valence-corrected chi connectivity index (χ0v) is 16.7. The van der Waals surface area contributed by atoms with Gasteiger partial charge >= 0.3 is 6.01 Å². The van der Waals surface area contributed by atoms with E-state index in [2.05, 4.69) is 25.8 Å². The van der Waals surface area contributed by atoms with E-state index >= 15 is 0 Å². The molecule has 27 heavy (non-hydrogen) atoms. The molecule has 1 aromatic carbocycles. The highest BCUT2D eigenvalue weighted by Gasteiger charge is 2.15. The summed E-state index contributed by atoms with van der Waals surface area (Å²) >= 11 is 2.04. The van der Waals surface area contributed by atoms with Crippen molar-refractivity contribution in [3.05, 3.63) is 46.0 Å². The number of hydrogen-bond acceptors (Lipinski definition) is 7. The van der Waals surface area contributed by atoms with Gasteiger partial charge in [0.25, 0.3) is 5.89 Å². The van der Waals surface area contributed by atoms with Crippen molar-refractivity contribution in [1.82, 2.24) is 20.1 Å². The van der Waals surface area contributed by atoms with Crippen molar-refractivity contribution in [2.24, 2.45) is 0 Å². The van der Waals surface area contributed by atoms with Gasteiger partial charge in [-0.25, -0.2) is 4.39 Å². The Labute approximate surface area is 168 Å². The lowest BCUT2D eigenvalue weighted by molar-refractivity contribution is -0.126. The number of rotatable bonds is 6. The lowest BCUT2D eigenvalue weighted by atomic mass is 10.2. The predicted octanol–water partition coefficient (Wildman–Crippen LogP) is 3.12. The van der Waals surface area contributed by atoms with Gasteiger partial charge in [-0.2, -0.15) is 0 Å². The molecule has 140 valence electrons. The van der Waals surface area contributed by atoms with E-state index in [4.69, 9.17) is 4.42 Å². The molecule has 2 N–H and O–H groups in total. The third kappa shape index (κ3) is 4.70. The molecule has 0 saturated carbocycles. The van der Waals surface area contributed by atoms with E-state index in [0.29, 0.717) is 16.9 Å². The minimum atomic E-state index is -0.383. The Morgan fingerprint density at radius 2 is 2.07 bits per heavy atom. The summed E-state index contributed by atoms with van der Waals surface area (Å²) in [5.74, 6) is -0.299. The van der Waals surface area contributed by atoms with E-state index < -0.39 is 0 Å². The zero-order valence-electron chi connectivity index (χ0n) is 14.5. The summed E-state index contributed by atoms with van der Waals surface area (Å²) in [7, 11) is 3.31.